The lowest BCUT2D eigenvalue weighted by molar-refractivity contribution is -0.157. The van der Waals surface area contributed by atoms with Crippen LogP contribution in [0, 0.1) is 5.92 Å². The van der Waals surface area contributed by atoms with Gasteiger partial charge in [0.1, 0.15) is 6.33 Å². The summed E-state index contributed by atoms with van der Waals surface area (Å²) in [6, 6.07) is 1.72. The Kier molecular flexibility index (Phi) is 3.41. The lowest BCUT2D eigenvalue weighted by Crippen LogP contribution is -2.46. The van der Waals surface area contributed by atoms with Crippen LogP contribution in [-0.4, -0.2) is 34.4 Å². The van der Waals surface area contributed by atoms with Gasteiger partial charge in [-0.25, -0.2) is 9.97 Å². The van der Waals surface area contributed by atoms with Gasteiger partial charge in [0.2, 0.25) is 5.88 Å². The second kappa shape index (κ2) is 5.06. The Balaban J connectivity index is 1.73. The van der Waals surface area contributed by atoms with Crippen LogP contribution in [0.2, 0.25) is 0 Å². The van der Waals surface area contributed by atoms with E-state index in [-0.39, 0.29) is 11.5 Å². The van der Waals surface area contributed by atoms with Crippen LogP contribution in [0.4, 0.5) is 0 Å². The molecular weight excluding hydrogens is 244 g/mol. The molecule has 2 aliphatic rings. The summed E-state index contributed by atoms with van der Waals surface area (Å²) in [7, 11) is 1.57. The number of aliphatic hydroxyl groups excluding tert-OH is 1. The molecule has 1 aliphatic carbocycles. The van der Waals surface area contributed by atoms with Gasteiger partial charge in [0.05, 0.1) is 24.5 Å². The first-order chi connectivity index (χ1) is 9.22. The zero-order valence-electron chi connectivity index (χ0n) is 11.2. The van der Waals surface area contributed by atoms with Crippen LogP contribution in [0.25, 0.3) is 0 Å². The molecule has 1 N–H and O–H groups in total. The summed E-state index contributed by atoms with van der Waals surface area (Å²) >= 11 is 0. The second-order valence-electron chi connectivity index (χ2n) is 5.57. The fraction of sp³-hybridized carbons (Fsp3) is 0.714. The van der Waals surface area contributed by atoms with Crippen LogP contribution in [0.1, 0.15) is 43.9 Å². The van der Waals surface area contributed by atoms with Crippen molar-refractivity contribution in [1.29, 1.82) is 0 Å². The molecule has 1 saturated carbocycles. The molecule has 0 amide bonds. The maximum atomic E-state index is 10.5. The highest BCUT2D eigenvalue weighted by molar-refractivity contribution is 5.16. The van der Waals surface area contributed by atoms with E-state index in [9.17, 15) is 5.11 Å². The Bertz CT molecular complexity index is 448. The fourth-order valence-electron chi connectivity index (χ4n) is 3.12. The van der Waals surface area contributed by atoms with Crippen LogP contribution < -0.4 is 4.74 Å². The molecule has 104 valence electrons. The molecule has 0 bridgehead atoms. The number of hydrogen-bond acceptors (Lipinski definition) is 5. The fourth-order valence-corrected chi connectivity index (χ4v) is 3.12. The van der Waals surface area contributed by atoms with Gasteiger partial charge in [0.15, 0.2) is 0 Å². The summed E-state index contributed by atoms with van der Waals surface area (Å²) in [5.74, 6) is 0.711. The average Bonchev–Trinajstić information content (AvgIpc) is 2.45. The minimum absolute atomic E-state index is 0.0427. The number of methoxy groups -OCH3 is 1. The topological polar surface area (TPSA) is 64.5 Å². The summed E-state index contributed by atoms with van der Waals surface area (Å²) in [5, 5.41) is 10.5. The predicted octanol–water partition coefficient (Wildman–Crippen LogP) is 1.87. The Morgan fingerprint density at radius 1 is 1.47 bits per heavy atom. The van der Waals surface area contributed by atoms with Gasteiger partial charge in [-0.2, -0.15) is 0 Å². The summed E-state index contributed by atoms with van der Waals surface area (Å²) in [6.45, 7) is 0.740. The van der Waals surface area contributed by atoms with E-state index in [0.717, 1.165) is 32.3 Å². The second-order valence-corrected chi connectivity index (χ2v) is 5.57. The van der Waals surface area contributed by atoms with Crippen molar-refractivity contribution in [2.24, 2.45) is 5.92 Å². The summed E-state index contributed by atoms with van der Waals surface area (Å²) in [5.41, 5.74) is 0.689. The third kappa shape index (κ3) is 2.44. The highest BCUT2D eigenvalue weighted by atomic mass is 16.5. The summed E-state index contributed by atoms with van der Waals surface area (Å²) in [4.78, 5) is 8.14. The molecule has 1 aromatic heterocycles. The molecule has 2 atom stereocenters. The van der Waals surface area contributed by atoms with Crippen LogP contribution >= 0.6 is 0 Å². The number of aromatic nitrogens is 2. The number of nitrogens with zero attached hydrogens (tertiary/aromatic N) is 2. The van der Waals surface area contributed by atoms with Crippen molar-refractivity contribution in [2.45, 2.75) is 43.8 Å². The van der Waals surface area contributed by atoms with Gasteiger partial charge in [0, 0.05) is 12.7 Å². The van der Waals surface area contributed by atoms with E-state index in [0.29, 0.717) is 11.6 Å². The minimum atomic E-state index is -0.557. The van der Waals surface area contributed by atoms with Gasteiger partial charge < -0.3 is 14.6 Å². The maximum Gasteiger partial charge on any atom is 0.216 e. The molecule has 5 heteroatoms. The number of ether oxygens (including phenoxy) is 2. The molecule has 5 nitrogen and oxygen atoms in total. The van der Waals surface area contributed by atoms with E-state index in [4.69, 9.17) is 9.47 Å². The molecule has 0 radical (unpaired) electrons. The molecular formula is C14H20N2O3. The van der Waals surface area contributed by atoms with Crippen molar-refractivity contribution in [3.63, 3.8) is 0 Å². The Labute approximate surface area is 113 Å². The van der Waals surface area contributed by atoms with Crippen LogP contribution in [0.15, 0.2) is 12.4 Å². The highest BCUT2D eigenvalue weighted by Crippen LogP contribution is 2.47. The summed E-state index contributed by atoms with van der Waals surface area (Å²) < 4.78 is 11.0. The van der Waals surface area contributed by atoms with Crippen molar-refractivity contribution < 1.29 is 14.6 Å². The summed E-state index contributed by atoms with van der Waals surface area (Å²) in [6.07, 6.45) is 6.20. The molecule has 2 fully saturated rings. The van der Waals surface area contributed by atoms with Crippen LogP contribution in [0.3, 0.4) is 0 Å². The molecule has 19 heavy (non-hydrogen) atoms. The lowest BCUT2D eigenvalue weighted by Gasteiger charge is -2.48. The van der Waals surface area contributed by atoms with E-state index in [1.807, 2.05) is 0 Å². The monoisotopic (exact) mass is 264 g/mol. The molecule has 0 aromatic carbocycles. The lowest BCUT2D eigenvalue weighted by atomic mass is 9.70. The Morgan fingerprint density at radius 2 is 2.32 bits per heavy atom. The zero-order chi connectivity index (χ0) is 13.3. The van der Waals surface area contributed by atoms with E-state index in [2.05, 4.69) is 9.97 Å². The molecule has 1 aliphatic heterocycles. The average molecular weight is 264 g/mol. The normalized spacial score (nSPS) is 26.7. The third-order valence-electron chi connectivity index (χ3n) is 4.42. The smallest absolute Gasteiger partial charge is 0.216 e. The van der Waals surface area contributed by atoms with Crippen molar-refractivity contribution in [3.8, 4) is 5.88 Å². The molecule has 1 saturated heterocycles. The Morgan fingerprint density at radius 3 is 3.00 bits per heavy atom. The SMILES string of the molecule is COc1cc(C(O)C2CCOC3(CCC3)C2)ncn1. The number of aliphatic hydroxyl groups is 1. The zero-order valence-corrected chi connectivity index (χ0v) is 11.2. The molecule has 1 aromatic rings. The van der Waals surface area contributed by atoms with E-state index >= 15 is 0 Å². The number of hydrogen-bond donors (Lipinski definition) is 1. The minimum Gasteiger partial charge on any atom is -0.481 e. The molecule has 1 spiro atoms. The van der Waals surface area contributed by atoms with Crippen molar-refractivity contribution in [2.75, 3.05) is 13.7 Å². The maximum absolute atomic E-state index is 10.5. The molecule has 2 heterocycles. The van der Waals surface area contributed by atoms with Gasteiger partial charge in [0.25, 0.3) is 0 Å². The van der Waals surface area contributed by atoms with E-state index in [1.54, 1.807) is 13.2 Å². The first-order valence-corrected chi connectivity index (χ1v) is 6.90. The van der Waals surface area contributed by atoms with Crippen molar-refractivity contribution in [3.05, 3.63) is 18.1 Å². The molecule has 2 unspecified atom stereocenters. The highest BCUT2D eigenvalue weighted by Gasteiger charge is 2.44. The standard InChI is InChI=1S/C14H20N2O3/c1-18-12-7-11(15-9-16-12)13(17)10-3-6-19-14(8-10)4-2-5-14/h7,9-10,13,17H,2-6,8H2,1H3. The van der Waals surface area contributed by atoms with Gasteiger partial charge in [-0.05, 0) is 38.0 Å². The number of rotatable bonds is 3. The van der Waals surface area contributed by atoms with Gasteiger partial charge in [-0.3, -0.25) is 0 Å². The van der Waals surface area contributed by atoms with E-state index in [1.165, 1.54) is 12.7 Å². The largest absolute Gasteiger partial charge is 0.481 e. The van der Waals surface area contributed by atoms with Gasteiger partial charge >= 0.3 is 0 Å². The first kappa shape index (κ1) is 12.8. The van der Waals surface area contributed by atoms with E-state index < -0.39 is 6.10 Å². The quantitative estimate of drug-likeness (QED) is 0.902. The third-order valence-corrected chi connectivity index (χ3v) is 4.42. The molecule has 3 rings (SSSR count). The van der Waals surface area contributed by atoms with Gasteiger partial charge in [-0.15, -0.1) is 0 Å². The van der Waals surface area contributed by atoms with Crippen molar-refractivity contribution in [1.82, 2.24) is 9.97 Å². The first-order valence-electron chi connectivity index (χ1n) is 6.90. The van der Waals surface area contributed by atoms with Gasteiger partial charge in [-0.1, -0.05) is 0 Å². The predicted molar refractivity (Wildman–Crippen MR) is 68.8 cm³/mol. The van der Waals surface area contributed by atoms with Crippen molar-refractivity contribution >= 4 is 0 Å². The van der Waals surface area contributed by atoms with Crippen LogP contribution in [-0.2, 0) is 4.74 Å². The van der Waals surface area contributed by atoms with Crippen LogP contribution in [0.5, 0.6) is 5.88 Å². The Hall–Kier alpha value is -1.20.